The first kappa shape index (κ1) is 10.5. The molecule has 86 valence electrons. The van der Waals surface area contributed by atoms with Crippen molar-refractivity contribution in [3.63, 3.8) is 0 Å². The van der Waals surface area contributed by atoms with Crippen LogP contribution >= 0.6 is 0 Å². The third-order valence-corrected chi connectivity index (χ3v) is 2.86. The Morgan fingerprint density at radius 1 is 1.44 bits per heavy atom. The smallest absolute Gasteiger partial charge is 0.222 e. The number of hydrogen-bond donors (Lipinski definition) is 3. The number of nitrogens with zero attached hydrogens (tertiary/aromatic N) is 2. The van der Waals surface area contributed by atoms with E-state index in [-0.39, 0.29) is 11.8 Å². The Kier molecular flexibility index (Phi) is 2.55. The van der Waals surface area contributed by atoms with E-state index in [0.717, 1.165) is 18.8 Å². The van der Waals surface area contributed by atoms with Gasteiger partial charge in [-0.05, 0) is 18.6 Å². The molecule has 1 fully saturated rings. The van der Waals surface area contributed by atoms with Crippen molar-refractivity contribution in [2.75, 3.05) is 29.5 Å². The summed E-state index contributed by atoms with van der Waals surface area (Å²) in [4.78, 5) is 17.2. The van der Waals surface area contributed by atoms with Crippen molar-refractivity contribution >= 4 is 23.2 Å². The molecule has 6 heteroatoms. The van der Waals surface area contributed by atoms with Crippen LogP contribution in [0.4, 0.5) is 17.3 Å². The van der Waals surface area contributed by atoms with E-state index in [1.165, 1.54) is 0 Å². The zero-order valence-corrected chi connectivity index (χ0v) is 8.89. The number of hydrogen-bond acceptors (Lipinski definition) is 5. The van der Waals surface area contributed by atoms with Gasteiger partial charge in [-0.15, -0.1) is 0 Å². The molecule has 0 spiro atoms. The lowest BCUT2D eigenvalue weighted by molar-refractivity contribution is -0.121. The molecular weight excluding hydrogens is 206 g/mol. The molecule has 1 aromatic rings. The second-order valence-corrected chi connectivity index (χ2v) is 3.98. The Morgan fingerprint density at radius 2 is 2.19 bits per heavy atom. The third-order valence-electron chi connectivity index (χ3n) is 2.86. The Hall–Kier alpha value is -1.98. The zero-order valence-electron chi connectivity index (χ0n) is 8.89. The maximum atomic E-state index is 11.0. The summed E-state index contributed by atoms with van der Waals surface area (Å²) in [6.45, 7) is 1.37. The van der Waals surface area contributed by atoms with Crippen LogP contribution in [-0.2, 0) is 4.79 Å². The Labute approximate surface area is 93.4 Å². The number of nitrogens with two attached hydrogens (primary N) is 3. The Balaban J connectivity index is 2.14. The van der Waals surface area contributed by atoms with Crippen LogP contribution in [0, 0.1) is 5.92 Å². The molecule has 6 nitrogen and oxygen atoms in total. The third kappa shape index (κ3) is 1.86. The van der Waals surface area contributed by atoms with E-state index in [0.29, 0.717) is 18.1 Å². The number of anilines is 3. The van der Waals surface area contributed by atoms with Crippen molar-refractivity contribution < 1.29 is 4.79 Å². The number of carbonyl (C=O) groups excluding carboxylic acids is 1. The average Bonchev–Trinajstić information content (AvgIpc) is 2.71. The number of nitrogen functional groups attached to an aromatic ring is 2. The molecule has 1 aliphatic heterocycles. The zero-order chi connectivity index (χ0) is 11.7. The molecule has 2 rings (SSSR count). The molecule has 1 saturated heterocycles. The summed E-state index contributed by atoms with van der Waals surface area (Å²) in [5.41, 5.74) is 16.9. The van der Waals surface area contributed by atoms with Crippen molar-refractivity contribution in [1.82, 2.24) is 4.98 Å². The van der Waals surface area contributed by atoms with Gasteiger partial charge in [0.2, 0.25) is 5.91 Å². The predicted molar refractivity (Wildman–Crippen MR) is 62.6 cm³/mol. The summed E-state index contributed by atoms with van der Waals surface area (Å²) in [7, 11) is 0. The lowest BCUT2D eigenvalue weighted by atomic mass is 10.1. The first-order valence-corrected chi connectivity index (χ1v) is 5.14. The van der Waals surface area contributed by atoms with Crippen molar-refractivity contribution in [1.29, 1.82) is 0 Å². The quantitative estimate of drug-likeness (QED) is 0.626. The highest BCUT2D eigenvalue weighted by molar-refractivity contribution is 5.78. The normalized spacial score (nSPS) is 20.0. The van der Waals surface area contributed by atoms with Crippen molar-refractivity contribution in [3.8, 4) is 0 Å². The van der Waals surface area contributed by atoms with Crippen LogP contribution in [0.1, 0.15) is 6.42 Å². The van der Waals surface area contributed by atoms with E-state index >= 15 is 0 Å². The van der Waals surface area contributed by atoms with Gasteiger partial charge in [-0.25, -0.2) is 4.98 Å². The minimum atomic E-state index is -0.258. The van der Waals surface area contributed by atoms with E-state index in [2.05, 4.69) is 4.98 Å². The molecule has 0 radical (unpaired) electrons. The molecule has 2 heterocycles. The van der Waals surface area contributed by atoms with E-state index < -0.39 is 0 Å². The largest absolute Gasteiger partial charge is 0.396 e. The Morgan fingerprint density at radius 3 is 2.75 bits per heavy atom. The lowest BCUT2D eigenvalue weighted by Crippen LogP contribution is -2.27. The lowest BCUT2D eigenvalue weighted by Gasteiger charge is -2.17. The van der Waals surface area contributed by atoms with Crippen molar-refractivity contribution in [2.24, 2.45) is 11.7 Å². The van der Waals surface area contributed by atoms with Crippen LogP contribution in [-0.4, -0.2) is 24.0 Å². The monoisotopic (exact) mass is 221 g/mol. The number of amides is 1. The molecule has 1 aromatic heterocycles. The second-order valence-electron chi connectivity index (χ2n) is 3.98. The van der Waals surface area contributed by atoms with Gasteiger partial charge in [-0.2, -0.15) is 0 Å². The maximum absolute atomic E-state index is 11.0. The number of rotatable bonds is 2. The standard InChI is InChI=1S/C10H15N5O/c11-7-1-2-8(14-9(7)12)15-4-3-6(5-15)10(13)16/h1-2,6H,3-5,11H2,(H2,12,14)(H2,13,16). The van der Waals surface area contributed by atoms with Gasteiger partial charge in [0.15, 0.2) is 0 Å². The van der Waals surface area contributed by atoms with E-state index in [4.69, 9.17) is 17.2 Å². The highest BCUT2D eigenvalue weighted by atomic mass is 16.1. The van der Waals surface area contributed by atoms with E-state index in [1.807, 2.05) is 4.90 Å². The van der Waals surface area contributed by atoms with Gasteiger partial charge in [0, 0.05) is 13.1 Å². The van der Waals surface area contributed by atoms with Gasteiger partial charge in [0.1, 0.15) is 11.6 Å². The number of carbonyl (C=O) groups is 1. The summed E-state index contributed by atoms with van der Waals surface area (Å²) in [6, 6.07) is 3.52. The molecule has 0 saturated carbocycles. The van der Waals surface area contributed by atoms with E-state index in [1.54, 1.807) is 12.1 Å². The fourth-order valence-electron chi connectivity index (χ4n) is 1.85. The van der Waals surface area contributed by atoms with Crippen molar-refractivity contribution in [3.05, 3.63) is 12.1 Å². The molecule has 1 atom stereocenters. The topological polar surface area (TPSA) is 111 Å². The van der Waals surface area contributed by atoms with Crippen LogP contribution in [0.15, 0.2) is 12.1 Å². The number of pyridine rings is 1. The molecule has 6 N–H and O–H groups in total. The first-order chi connectivity index (χ1) is 7.58. The summed E-state index contributed by atoms with van der Waals surface area (Å²) in [5, 5.41) is 0. The molecule has 1 aliphatic rings. The van der Waals surface area contributed by atoms with Gasteiger partial charge in [-0.3, -0.25) is 4.79 Å². The fraction of sp³-hybridized carbons (Fsp3) is 0.400. The van der Waals surface area contributed by atoms with Crippen LogP contribution in [0.2, 0.25) is 0 Å². The van der Waals surface area contributed by atoms with E-state index in [9.17, 15) is 4.79 Å². The average molecular weight is 221 g/mol. The van der Waals surface area contributed by atoms with Crippen molar-refractivity contribution in [2.45, 2.75) is 6.42 Å². The fourth-order valence-corrected chi connectivity index (χ4v) is 1.85. The first-order valence-electron chi connectivity index (χ1n) is 5.14. The summed E-state index contributed by atoms with van der Waals surface area (Å²) >= 11 is 0. The minimum absolute atomic E-state index is 0.0967. The molecule has 0 bridgehead atoms. The highest BCUT2D eigenvalue weighted by Gasteiger charge is 2.27. The molecule has 0 aromatic carbocycles. The summed E-state index contributed by atoms with van der Waals surface area (Å²) < 4.78 is 0. The summed E-state index contributed by atoms with van der Waals surface area (Å²) in [6.07, 6.45) is 0.765. The minimum Gasteiger partial charge on any atom is -0.396 e. The van der Waals surface area contributed by atoms with Gasteiger partial charge in [0.25, 0.3) is 0 Å². The number of aromatic nitrogens is 1. The molecule has 0 aliphatic carbocycles. The van der Waals surface area contributed by atoms with Gasteiger partial charge in [0.05, 0.1) is 11.6 Å². The van der Waals surface area contributed by atoms with Gasteiger partial charge < -0.3 is 22.1 Å². The second kappa shape index (κ2) is 3.88. The predicted octanol–water partition coefficient (Wildman–Crippen LogP) is -0.442. The number of primary amides is 1. The molecule has 1 amide bonds. The van der Waals surface area contributed by atoms with Crippen LogP contribution in [0.25, 0.3) is 0 Å². The maximum Gasteiger partial charge on any atom is 0.222 e. The van der Waals surface area contributed by atoms with Crippen LogP contribution in [0.5, 0.6) is 0 Å². The molecule has 16 heavy (non-hydrogen) atoms. The molecule has 1 unspecified atom stereocenters. The van der Waals surface area contributed by atoms with Gasteiger partial charge >= 0.3 is 0 Å². The highest BCUT2D eigenvalue weighted by Crippen LogP contribution is 2.24. The SMILES string of the molecule is NC(=O)C1CCN(c2ccc(N)c(N)n2)C1. The van der Waals surface area contributed by atoms with Crippen LogP contribution < -0.4 is 22.1 Å². The van der Waals surface area contributed by atoms with Gasteiger partial charge in [-0.1, -0.05) is 0 Å². The Bertz CT molecular complexity index is 420. The summed E-state index contributed by atoms with van der Waals surface area (Å²) in [5.74, 6) is 0.710. The molecular formula is C10H15N5O. The van der Waals surface area contributed by atoms with Crippen LogP contribution in [0.3, 0.4) is 0 Å².